The average Bonchev–Trinajstić information content (AvgIpc) is 2.69. The molecule has 0 spiro atoms. The Morgan fingerprint density at radius 3 is 2.39 bits per heavy atom. The van der Waals surface area contributed by atoms with Gasteiger partial charge in [-0.15, -0.1) is 0 Å². The average molecular weight is 396 g/mol. The number of amides is 1. The molecule has 0 saturated heterocycles. The van der Waals surface area contributed by atoms with Crippen LogP contribution in [0.15, 0.2) is 77.7 Å². The van der Waals surface area contributed by atoms with E-state index < -0.39 is 10.0 Å². The Morgan fingerprint density at radius 2 is 1.64 bits per heavy atom. The number of sulfonamides is 1. The van der Waals surface area contributed by atoms with E-state index in [0.29, 0.717) is 28.6 Å². The zero-order chi connectivity index (χ0) is 19.6. The van der Waals surface area contributed by atoms with Crippen LogP contribution >= 0.6 is 0 Å². The van der Waals surface area contributed by atoms with Crippen molar-refractivity contribution in [1.82, 2.24) is 0 Å². The van der Waals surface area contributed by atoms with Crippen LogP contribution in [0.25, 0.3) is 0 Å². The van der Waals surface area contributed by atoms with E-state index in [9.17, 15) is 13.2 Å². The molecule has 142 valence electrons. The number of fused-ring (bicyclic) bond motifs is 1. The first-order valence-corrected chi connectivity index (χ1v) is 9.90. The van der Waals surface area contributed by atoms with E-state index in [0.717, 1.165) is 0 Å². The highest BCUT2D eigenvalue weighted by Crippen LogP contribution is 2.31. The molecule has 3 aromatic rings. The molecule has 1 heterocycles. The van der Waals surface area contributed by atoms with Crippen LogP contribution in [0.1, 0.15) is 0 Å². The van der Waals surface area contributed by atoms with Crippen LogP contribution in [0.5, 0.6) is 17.2 Å². The molecule has 0 bridgehead atoms. The van der Waals surface area contributed by atoms with Crippen molar-refractivity contribution in [2.45, 2.75) is 4.90 Å². The molecule has 0 aliphatic carbocycles. The third kappa shape index (κ3) is 3.91. The van der Waals surface area contributed by atoms with Gasteiger partial charge in [0.1, 0.15) is 17.2 Å². The molecule has 8 heteroatoms. The topological polar surface area (TPSA) is 93.7 Å². The Labute approximate surface area is 162 Å². The Kier molecular flexibility index (Phi) is 4.62. The zero-order valence-corrected chi connectivity index (χ0v) is 15.4. The maximum atomic E-state index is 12.6. The summed E-state index contributed by atoms with van der Waals surface area (Å²) in [5.41, 5.74) is 0.712. The van der Waals surface area contributed by atoms with Crippen LogP contribution in [0, 0.1) is 0 Å². The molecule has 1 aliphatic heterocycles. The van der Waals surface area contributed by atoms with Gasteiger partial charge in [-0.2, -0.15) is 0 Å². The summed E-state index contributed by atoms with van der Waals surface area (Å²) in [5.74, 6) is 1.38. The molecule has 0 fully saturated rings. The number of para-hydroxylation sites is 1. The number of anilines is 2. The molecular formula is C20H16N2O5S. The van der Waals surface area contributed by atoms with Crippen molar-refractivity contribution in [1.29, 1.82) is 0 Å². The van der Waals surface area contributed by atoms with E-state index >= 15 is 0 Å². The zero-order valence-electron chi connectivity index (χ0n) is 14.6. The summed E-state index contributed by atoms with van der Waals surface area (Å²) in [7, 11) is -3.83. The van der Waals surface area contributed by atoms with E-state index in [2.05, 4.69) is 10.0 Å². The van der Waals surface area contributed by atoms with E-state index in [1.807, 2.05) is 30.3 Å². The molecule has 0 radical (unpaired) electrons. The summed E-state index contributed by atoms with van der Waals surface area (Å²) in [6.07, 6.45) is 0. The van der Waals surface area contributed by atoms with Crippen LogP contribution in [-0.2, 0) is 14.8 Å². The van der Waals surface area contributed by atoms with Crippen LogP contribution in [-0.4, -0.2) is 20.9 Å². The molecule has 1 aliphatic rings. The molecule has 28 heavy (non-hydrogen) atoms. The molecule has 7 nitrogen and oxygen atoms in total. The third-order valence-corrected chi connectivity index (χ3v) is 5.36. The van der Waals surface area contributed by atoms with Gasteiger partial charge in [0, 0.05) is 5.69 Å². The van der Waals surface area contributed by atoms with E-state index in [4.69, 9.17) is 9.47 Å². The first kappa shape index (κ1) is 17.9. The van der Waals surface area contributed by atoms with Crippen molar-refractivity contribution >= 4 is 27.3 Å². The Balaban J connectivity index is 1.50. The van der Waals surface area contributed by atoms with Gasteiger partial charge in [-0.3, -0.25) is 9.52 Å². The fraction of sp³-hybridized carbons (Fsp3) is 0.0500. The quantitative estimate of drug-likeness (QED) is 0.687. The summed E-state index contributed by atoms with van der Waals surface area (Å²) in [5, 5.41) is 2.59. The van der Waals surface area contributed by atoms with Crippen molar-refractivity contribution in [3.63, 3.8) is 0 Å². The normalized spacial score (nSPS) is 13.1. The van der Waals surface area contributed by atoms with Crippen molar-refractivity contribution in [3.8, 4) is 17.2 Å². The number of benzene rings is 3. The highest BCUT2D eigenvalue weighted by molar-refractivity contribution is 7.92. The lowest BCUT2D eigenvalue weighted by Gasteiger charge is -2.18. The molecule has 3 aromatic carbocycles. The van der Waals surface area contributed by atoms with E-state index in [1.54, 1.807) is 24.3 Å². The Bertz CT molecular complexity index is 1110. The second kappa shape index (κ2) is 7.24. The molecule has 2 N–H and O–H groups in total. The highest BCUT2D eigenvalue weighted by Gasteiger charge is 2.21. The number of ether oxygens (including phenoxy) is 2. The lowest BCUT2D eigenvalue weighted by Crippen LogP contribution is -2.25. The van der Waals surface area contributed by atoms with Crippen molar-refractivity contribution in [2.24, 2.45) is 0 Å². The molecular weight excluding hydrogens is 380 g/mol. The summed E-state index contributed by atoms with van der Waals surface area (Å²) < 4.78 is 38.7. The molecule has 0 saturated carbocycles. The smallest absolute Gasteiger partial charge is 0.262 e. The molecule has 1 amide bonds. The molecule has 4 rings (SSSR count). The van der Waals surface area contributed by atoms with Gasteiger partial charge < -0.3 is 14.8 Å². The predicted octanol–water partition coefficient (Wildman–Crippen LogP) is 3.61. The van der Waals surface area contributed by atoms with Crippen molar-refractivity contribution < 1.29 is 22.7 Å². The van der Waals surface area contributed by atoms with Gasteiger partial charge in [-0.25, -0.2) is 8.42 Å². The molecule has 0 aromatic heterocycles. The number of carbonyl (C=O) groups excluding carboxylic acids is 1. The first-order chi connectivity index (χ1) is 13.5. The number of rotatable bonds is 5. The van der Waals surface area contributed by atoms with E-state index in [-0.39, 0.29) is 17.4 Å². The number of nitrogens with one attached hydrogen (secondary N) is 2. The Hall–Kier alpha value is -3.52. The van der Waals surface area contributed by atoms with Gasteiger partial charge in [0.15, 0.2) is 6.61 Å². The standard InChI is InChI=1S/C20H16N2O5S/c23-20-13-26-19-11-10-17(12-18(19)21-20)28(24,25)22-14-6-8-16(9-7-14)27-15-4-2-1-3-5-15/h1-12,22H,13H2,(H,21,23). The van der Waals surface area contributed by atoms with Gasteiger partial charge in [-0.1, -0.05) is 18.2 Å². The van der Waals surface area contributed by atoms with Crippen molar-refractivity contribution in [3.05, 3.63) is 72.8 Å². The highest BCUT2D eigenvalue weighted by atomic mass is 32.2. The minimum absolute atomic E-state index is 0.0154. The van der Waals surface area contributed by atoms with Crippen molar-refractivity contribution in [2.75, 3.05) is 16.6 Å². The minimum atomic E-state index is -3.83. The predicted molar refractivity (Wildman–Crippen MR) is 104 cm³/mol. The van der Waals surface area contributed by atoms with Crippen LogP contribution < -0.4 is 19.5 Å². The summed E-state index contributed by atoms with van der Waals surface area (Å²) in [6, 6.07) is 20.1. The van der Waals surface area contributed by atoms with Crippen LogP contribution in [0.4, 0.5) is 11.4 Å². The summed E-state index contributed by atoms with van der Waals surface area (Å²) >= 11 is 0. The number of hydrogen-bond acceptors (Lipinski definition) is 5. The Morgan fingerprint density at radius 1 is 0.929 bits per heavy atom. The third-order valence-electron chi connectivity index (χ3n) is 3.98. The number of carbonyl (C=O) groups is 1. The van der Waals surface area contributed by atoms with E-state index in [1.165, 1.54) is 18.2 Å². The molecule has 0 unspecified atom stereocenters. The second-order valence-corrected chi connectivity index (χ2v) is 7.72. The fourth-order valence-electron chi connectivity index (χ4n) is 2.66. The lowest BCUT2D eigenvalue weighted by molar-refractivity contribution is -0.118. The maximum absolute atomic E-state index is 12.6. The van der Waals surface area contributed by atoms with Gasteiger partial charge in [0.2, 0.25) is 0 Å². The maximum Gasteiger partial charge on any atom is 0.262 e. The second-order valence-electron chi connectivity index (χ2n) is 6.04. The SMILES string of the molecule is O=C1COc2ccc(S(=O)(=O)Nc3ccc(Oc4ccccc4)cc3)cc2N1. The first-order valence-electron chi connectivity index (χ1n) is 8.42. The summed E-state index contributed by atoms with van der Waals surface area (Å²) in [6.45, 7) is -0.0885. The van der Waals surface area contributed by atoms with Gasteiger partial charge in [0.05, 0.1) is 10.6 Å². The largest absolute Gasteiger partial charge is 0.482 e. The molecule has 0 atom stereocenters. The minimum Gasteiger partial charge on any atom is -0.482 e. The fourth-order valence-corrected chi connectivity index (χ4v) is 3.74. The lowest BCUT2D eigenvalue weighted by atomic mass is 10.2. The van der Waals surface area contributed by atoms with Crippen LogP contribution in [0.3, 0.4) is 0 Å². The van der Waals surface area contributed by atoms with Crippen LogP contribution in [0.2, 0.25) is 0 Å². The van der Waals surface area contributed by atoms with Gasteiger partial charge in [0.25, 0.3) is 15.9 Å². The van der Waals surface area contributed by atoms with Gasteiger partial charge >= 0.3 is 0 Å². The summed E-state index contributed by atoms with van der Waals surface area (Å²) in [4.78, 5) is 11.4. The van der Waals surface area contributed by atoms with Gasteiger partial charge in [-0.05, 0) is 54.6 Å². The number of hydrogen-bond donors (Lipinski definition) is 2. The monoisotopic (exact) mass is 396 g/mol.